The standard InChI is InChI=1S/C12H16N2O3/c13-11-2-1-8(12(14)15)5-9(11)6-17-10-3-4-16-7-10/h1-2,5,10H,3-4,6-7,13H2,(H2,14,15). The number of benzene rings is 1. The van der Waals surface area contributed by atoms with Crippen LogP contribution in [0.3, 0.4) is 0 Å². The van der Waals surface area contributed by atoms with Crippen molar-refractivity contribution in [3.8, 4) is 0 Å². The minimum Gasteiger partial charge on any atom is -0.398 e. The number of nitrogen functional groups attached to an aromatic ring is 1. The Morgan fingerprint density at radius 1 is 1.53 bits per heavy atom. The lowest BCUT2D eigenvalue weighted by Crippen LogP contribution is -2.14. The molecule has 5 heteroatoms. The molecule has 0 aliphatic carbocycles. The van der Waals surface area contributed by atoms with Crippen molar-refractivity contribution in [1.82, 2.24) is 0 Å². The lowest BCUT2D eigenvalue weighted by Gasteiger charge is -2.12. The molecule has 1 atom stereocenters. The average molecular weight is 236 g/mol. The Kier molecular flexibility index (Phi) is 3.61. The first kappa shape index (κ1) is 11.9. The Bertz CT molecular complexity index is 414. The fourth-order valence-corrected chi connectivity index (χ4v) is 1.74. The zero-order valence-electron chi connectivity index (χ0n) is 9.52. The Hall–Kier alpha value is -1.59. The molecule has 2 rings (SSSR count). The van der Waals surface area contributed by atoms with Gasteiger partial charge in [0, 0.05) is 23.4 Å². The van der Waals surface area contributed by atoms with E-state index in [1.165, 1.54) is 0 Å². The lowest BCUT2D eigenvalue weighted by atomic mass is 10.1. The van der Waals surface area contributed by atoms with Crippen LogP contribution in [0.4, 0.5) is 5.69 Å². The van der Waals surface area contributed by atoms with Gasteiger partial charge in [-0.2, -0.15) is 0 Å². The SMILES string of the molecule is NC(=O)c1ccc(N)c(COC2CCOC2)c1. The van der Waals surface area contributed by atoms with E-state index in [-0.39, 0.29) is 6.10 Å². The molecule has 0 saturated carbocycles. The van der Waals surface area contributed by atoms with Gasteiger partial charge in [0.2, 0.25) is 5.91 Å². The number of rotatable bonds is 4. The molecule has 1 aliphatic rings. The smallest absolute Gasteiger partial charge is 0.248 e. The molecule has 17 heavy (non-hydrogen) atoms. The van der Waals surface area contributed by atoms with Crippen LogP contribution in [0.2, 0.25) is 0 Å². The Morgan fingerprint density at radius 2 is 2.35 bits per heavy atom. The summed E-state index contributed by atoms with van der Waals surface area (Å²) in [7, 11) is 0. The molecule has 1 fully saturated rings. The third kappa shape index (κ3) is 2.95. The molecule has 1 saturated heterocycles. The van der Waals surface area contributed by atoms with Crippen molar-refractivity contribution in [3.05, 3.63) is 29.3 Å². The predicted octanol–water partition coefficient (Wildman–Crippen LogP) is 0.673. The average Bonchev–Trinajstić information content (AvgIpc) is 2.80. The number of amides is 1. The van der Waals surface area contributed by atoms with E-state index in [1.807, 2.05) is 0 Å². The minimum absolute atomic E-state index is 0.117. The number of nitrogens with two attached hydrogens (primary N) is 2. The number of hydrogen-bond acceptors (Lipinski definition) is 4. The maximum absolute atomic E-state index is 11.0. The third-order valence-corrected chi connectivity index (χ3v) is 2.79. The van der Waals surface area contributed by atoms with Gasteiger partial charge in [0.25, 0.3) is 0 Å². The molecule has 1 amide bonds. The summed E-state index contributed by atoms with van der Waals surface area (Å²) in [6.45, 7) is 1.73. The van der Waals surface area contributed by atoms with Crippen LogP contribution in [0.15, 0.2) is 18.2 Å². The fourth-order valence-electron chi connectivity index (χ4n) is 1.74. The van der Waals surface area contributed by atoms with E-state index < -0.39 is 5.91 Å². The van der Waals surface area contributed by atoms with Crippen LogP contribution in [-0.2, 0) is 16.1 Å². The van der Waals surface area contributed by atoms with Gasteiger partial charge in [-0.3, -0.25) is 4.79 Å². The molecule has 0 spiro atoms. The van der Waals surface area contributed by atoms with Crippen LogP contribution in [0.1, 0.15) is 22.3 Å². The highest BCUT2D eigenvalue weighted by molar-refractivity contribution is 5.93. The minimum atomic E-state index is -0.463. The first-order valence-electron chi connectivity index (χ1n) is 5.54. The summed E-state index contributed by atoms with van der Waals surface area (Å²) in [5.74, 6) is -0.463. The van der Waals surface area contributed by atoms with Gasteiger partial charge in [0.1, 0.15) is 0 Å². The first-order valence-corrected chi connectivity index (χ1v) is 5.54. The summed E-state index contributed by atoms with van der Waals surface area (Å²) in [6, 6.07) is 4.96. The first-order chi connectivity index (χ1) is 8.16. The summed E-state index contributed by atoms with van der Waals surface area (Å²) >= 11 is 0. The summed E-state index contributed by atoms with van der Waals surface area (Å²) in [5, 5.41) is 0. The van der Waals surface area contributed by atoms with E-state index in [1.54, 1.807) is 18.2 Å². The number of hydrogen-bond donors (Lipinski definition) is 2. The summed E-state index contributed by atoms with van der Waals surface area (Å²) in [4.78, 5) is 11.0. The normalized spacial score (nSPS) is 19.4. The topological polar surface area (TPSA) is 87.6 Å². The monoisotopic (exact) mass is 236 g/mol. The van der Waals surface area contributed by atoms with Crippen molar-refractivity contribution >= 4 is 11.6 Å². The van der Waals surface area contributed by atoms with Gasteiger partial charge in [0.05, 0.1) is 19.3 Å². The molecular formula is C12H16N2O3. The molecule has 5 nitrogen and oxygen atoms in total. The van der Waals surface area contributed by atoms with E-state index in [9.17, 15) is 4.79 Å². The van der Waals surface area contributed by atoms with E-state index >= 15 is 0 Å². The van der Waals surface area contributed by atoms with Crippen LogP contribution >= 0.6 is 0 Å². The van der Waals surface area contributed by atoms with E-state index in [4.69, 9.17) is 20.9 Å². The van der Waals surface area contributed by atoms with Crippen molar-refractivity contribution in [2.45, 2.75) is 19.1 Å². The summed E-state index contributed by atoms with van der Waals surface area (Å²) < 4.78 is 10.9. The number of primary amides is 1. The van der Waals surface area contributed by atoms with Crippen molar-refractivity contribution < 1.29 is 14.3 Å². The molecule has 1 aromatic rings. The molecule has 1 aromatic carbocycles. The molecule has 1 unspecified atom stereocenters. The number of carbonyl (C=O) groups excluding carboxylic acids is 1. The van der Waals surface area contributed by atoms with E-state index in [0.717, 1.165) is 18.6 Å². The summed E-state index contributed by atoms with van der Waals surface area (Å²) in [6.07, 6.45) is 1.02. The molecule has 4 N–H and O–H groups in total. The molecule has 0 bridgehead atoms. The van der Waals surface area contributed by atoms with Crippen molar-refractivity contribution in [1.29, 1.82) is 0 Å². The maximum atomic E-state index is 11.0. The maximum Gasteiger partial charge on any atom is 0.248 e. The second-order valence-electron chi connectivity index (χ2n) is 4.07. The Balaban J connectivity index is 2.03. The van der Waals surface area contributed by atoms with Crippen LogP contribution in [0.25, 0.3) is 0 Å². The highest BCUT2D eigenvalue weighted by Gasteiger charge is 2.16. The zero-order valence-corrected chi connectivity index (χ0v) is 9.52. The van der Waals surface area contributed by atoms with Gasteiger partial charge in [0.15, 0.2) is 0 Å². The van der Waals surface area contributed by atoms with Crippen molar-refractivity contribution in [3.63, 3.8) is 0 Å². The zero-order chi connectivity index (χ0) is 12.3. The number of ether oxygens (including phenoxy) is 2. The Labute approximate surface area is 99.7 Å². The van der Waals surface area contributed by atoms with Gasteiger partial charge in [-0.15, -0.1) is 0 Å². The van der Waals surface area contributed by atoms with Gasteiger partial charge >= 0.3 is 0 Å². The highest BCUT2D eigenvalue weighted by atomic mass is 16.5. The molecular weight excluding hydrogens is 220 g/mol. The van der Waals surface area contributed by atoms with Gasteiger partial charge < -0.3 is 20.9 Å². The summed E-state index contributed by atoms with van der Waals surface area (Å²) in [5.41, 5.74) is 12.9. The molecule has 1 aliphatic heterocycles. The largest absolute Gasteiger partial charge is 0.398 e. The third-order valence-electron chi connectivity index (χ3n) is 2.79. The second-order valence-corrected chi connectivity index (χ2v) is 4.07. The van der Waals surface area contributed by atoms with Gasteiger partial charge in [-0.05, 0) is 24.6 Å². The molecule has 92 valence electrons. The van der Waals surface area contributed by atoms with Crippen LogP contribution in [0, 0.1) is 0 Å². The van der Waals surface area contributed by atoms with Gasteiger partial charge in [-0.25, -0.2) is 0 Å². The fraction of sp³-hybridized carbons (Fsp3) is 0.417. The number of anilines is 1. The number of carbonyl (C=O) groups is 1. The lowest BCUT2D eigenvalue weighted by molar-refractivity contribution is 0.0320. The quantitative estimate of drug-likeness (QED) is 0.752. The predicted molar refractivity (Wildman–Crippen MR) is 63.4 cm³/mol. The van der Waals surface area contributed by atoms with Crippen LogP contribution in [-0.4, -0.2) is 25.2 Å². The van der Waals surface area contributed by atoms with E-state index in [2.05, 4.69) is 0 Å². The van der Waals surface area contributed by atoms with E-state index in [0.29, 0.717) is 24.5 Å². The molecule has 0 radical (unpaired) electrons. The Morgan fingerprint density at radius 3 is 3.00 bits per heavy atom. The molecule has 0 aromatic heterocycles. The highest BCUT2D eigenvalue weighted by Crippen LogP contribution is 2.17. The second kappa shape index (κ2) is 5.16. The van der Waals surface area contributed by atoms with Crippen molar-refractivity contribution in [2.75, 3.05) is 18.9 Å². The van der Waals surface area contributed by atoms with Crippen LogP contribution in [0.5, 0.6) is 0 Å². The van der Waals surface area contributed by atoms with Crippen LogP contribution < -0.4 is 11.5 Å². The van der Waals surface area contributed by atoms with Gasteiger partial charge in [-0.1, -0.05) is 0 Å². The van der Waals surface area contributed by atoms with Crippen molar-refractivity contribution in [2.24, 2.45) is 5.73 Å². The molecule has 1 heterocycles.